The zero-order chi connectivity index (χ0) is 17.4. The molecule has 0 unspecified atom stereocenters. The SMILES string of the molecule is Cc1ccc(F)c2ccn(-c3cccc(-c4ccc(CO)cc4)c3)c12. The number of hydrogen-bond donors (Lipinski definition) is 1. The summed E-state index contributed by atoms with van der Waals surface area (Å²) in [5, 5.41) is 9.82. The maximum Gasteiger partial charge on any atom is 0.132 e. The standard InChI is InChI=1S/C22H18FNO/c1-15-5-10-21(23)20-11-12-24(22(15)20)19-4-2-3-18(13-19)17-8-6-16(14-25)7-9-17/h2-13,25H,14H2,1H3. The number of fused-ring (bicyclic) bond motifs is 1. The van der Waals surface area contributed by atoms with E-state index in [1.54, 1.807) is 0 Å². The first-order valence-corrected chi connectivity index (χ1v) is 8.24. The molecule has 0 aliphatic rings. The van der Waals surface area contributed by atoms with E-state index in [2.05, 4.69) is 12.1 Å². The minimum atomic E-state index is -0.199. The lowest BCUT2D eigenvalue weighted by Crippen LogP contribution is -1.95. The highest BCUT2D eigenvalue weighted by atomic mass is 19.1. The fourth-order valence-electron chi connectivity index (χ4n) is 3.25. The van der Waals surface area contributed by atoms with Gasteiger partial charge in [-0.3, -0.25) is 0 Å². The number of hydrogen-bond acceptors (Lipinski definition) is 1. The molecule has 0 aliphatic carbocycles. The number of halogens is 1. The largest absolute Gasteiger partial charge is 0.392 e. The molecule has 0 fully saturated rings. The van der Waals surface area contributed by atoms with Crippen LogP contribution >= 0.6 is 0 Å². The normalized spacial score (nSPS) is 11.2. The zero-order valence-corrected chi connectivity index (χ0v) is 13.9. The lowest BCUT2D eigenvalue weighted by molar-refractivity contribution is 0.282. The van der Waals surface area contributed by atoms with Gasteiger partial charge in [-0.05, 0) is 53.4 Å². The van der Waals surface area contributed by atoms with Gasteiger partial charge in [-0.2, -0.15) is 0 Å². The topological polar surface area (TPSA) is 25.2 Å². The van der Waals surface area contributed by atoms with Gasteiger partial charge in [-0.15, -0.1) is 0 Å². The van der Waals surface area contributed by atoms with Gasteiger partial charge in [0.05, 0.1) is 12.1 Å². The van der Waals surface area contributed by atoms with E-state index in [0.717, 1.165) is 33.5 Å². The molecule has 3 aromatic carbocycles. The fourth-order valence-corrected chi connectivity index (χ4v) is 3.25. The summed E-state index contributed by atoms with van der Waals surface area (Å²) in [5.74, 6) is -0.199. The van der Waals surface area contributed by atoms with Gasteiger partial charge >= 0.3 is 0 Å². The predicted molar refractivity (Wildman–Crippen MR) is 99.3 cm³/mol. The Labute approximate surface area is 145 Å². The summed E-state index contributed by atoms with van der Waals surface area (Å²) in [7, 11) is 0. The van der Waals surface area contributed by atoms with E-state index in [-0.39, 0.29) is 12.4 Å². The maximum atomic E-state index is 14.1. The van der Waals surface area contributed by atoms with E-state index < -0.39 is 0 Å². The van der Waals surface area contributed by atoms with Crippen molar-refractivity contribution < 1.29 is 9.50 Å². The Morgan fingerprint density at radius 2 is 1.72 bits per heavy atom. The van der Waals surface area contributed by atoms with Crippen LogP contribution in [0.4, 0.5) is 4.39 Å². The Morgan fingerprint density at radius 3 is 2.48 bits per heavy atom. The second-order valence-corrected chi connectivity index (χ2v) is 6.22. The molecule has 0 saturated carbocycles. The van der Waals surface area contributed by atoms with Crippen LogP contribution in [0.15, 0.2) is 72.9 Å². The number of aliphatic hydroxyl groups excluding tert-OH is 1. The predicted octanol–water partition coefficient (Wildman–Crippen LogP) is 5.24. The van der Waals surface area contributed by atoms with Crippen LogP contribution in [0.1, 0.15) is 11.1 Å². The van der Waals surface area contributed by atoms with Gasteiger partial charge in [0.1, 0.15) is 5.82 Å². The maximum absolute atomic E-state index is 14.1. The number of aryl methyl sites for hydroxylation is 1. The van der Waals surface area contributed by atoms with Gasteiger partial charge < -0.3 is 9.67 Å². The van der Waals surface area contributed by atoms with E-state index >= 15 is 0 Å². The van der Waals surface area contributed by atoms with Gasteiger partial charge in [0.25, 0.3) is 0 Å². The first-order valence-electron chi connectivity index (χ1n) is 8.24. The zero-order valence-electron chi connectivity index (χ0n) is 13.9. The molecule has 0 aliphatic heterocycles. The van der Waals surface area contributed by atoms with Crippen LogP contribution in [-0.2, 0) is 6.61 Å². The van der Waals surface area contributed by atoms with E-state index in [0.29, 0.717) is 5.39 Å². The van der Waals surface area contributed by atoms with Crippen LogP contribution < -0.4 is 0 Å². The lowest BCUT2D eigenvalue weighted by Gasteiger charge is -2.10. The molecular formula is C22H18FNO. The van der Waals surface area contributed by atoms with Crippen molar-refractivity contribution in [3.63, 3.8) is 0 Å². The molecule has 25 heavy (non-hydrogen) atoms. The average molecular weight is 331 g/mol. The molecule has 0 amide bonds. The minimum absolute atomic E-state index is 0.0422. The third-order valence-electron chi connectivity index (χ3n) is 4.59. The highest BCUT2D eigenvalue weighted by Crippen LogP contribution is 2.28. The van der Waals surface area contributed by atoms with Gasteiger partial charge in [0, 0.05) is 17.3 Å². The van der Waals surface area contributed by atoms with Crippen LogP contribution in [0.5, 0.6) is 0 Å². The van der Waals surface area contributed by atoms with Crippen molar-refractivity contribution in [2.45, 2.75) is 13.5 Å². The molecule has 4 rings (SSSR count). The summed E-state index contributed by atoms with van der Waals surface area (Å²) >= 11 is 0. The Kier molecular flexibility index (Phi) is 3.86. The summed E-state index contributed by atoms with van der Waals surface area (Å²) in [6, 6.07) is 21.2. The van der Waals surface area contributed by atoms with E-state index in [1.165, 1.54) is 6.07 Å². The highest BCUT2D eigenvalue weighted by molar-refractivity contribution is 5.86. The molecule has 1 N–H and O–H groups in total. The molecular weight excluding hydrogens is 313 g/mol. The Morgan fingerprint density at radius 1 is 0.920 bits per heavy atom. The highest BCUT2D eigenvalue weighted by Gasteiger charge is 2.10. The fraction of sp³-hybridized carbons (Fsp3) is 0.0909. The quantitative estimate of drug-likeness (QED) is 0.546. The van der Waals surface area contributed by atoms with Crippen molar-refractivity contribution in [3.8, 4) is 16.8 Å². The molecule has 1 heterocycles. The van der Waals surface area contributed by atoms with Crippen LogP contribution in [0.2, 0.25) is 0 Å². The average Bonchev–Trinajstić information content (AvgIpc) is 3.11. The number of nitrogens with zero attached hydrogens (tertiary/aromatic N) is 1. The van der Waals surface area contributed by atoms with Gasteiger partial charge in [0.15, 0.2) is 0 Å². The molecule has 0 radical (unpaired) electrons. The number of rotatable bonds is 3. The Balaban J connectivity index is 1.83. The molecule has 0 saturated heterocycles. The first-order chi connectivity index (χ1) is 12.2. The van der Waals surface area contributed by atoms with Crippen LogP contribution in [0.3, 0.4) is 0 Å². The third kappa shape index (κ3) is 2.73. The van der Waals surface area contributed by atoms with Crippen LogP contribution in [0, 0.1) is 12.7 Å². The molecule has 1 aromatic heterocycles. The molecule has 0 spiro atoms. The smallest absolute Gasteiger partial charge is 0.132 e. The van der Waals surface area contributed by atoms with Gasteiger partial charge in [-0.1, -0.05) is 42.5 Å². The van der Waals surface area contributed by atoms with Crippen molar-refractivity contribution in [2.75, 3.05) is 0 Å². The Hall–Kier alpha value is -2.91. The molecule has 3 heteroatoms. The van der Waals surface area contributed by atoms with Crippen molar-refractivity contribution in [1.29, 1.82) is 0 Å². The minimum Gasteiger partial charge on any atom is -0.392 e. The van der Waals surface area contributed by atoms with Gasteiger partial charge in [0.2, 0.25) is 0 Å². The third-order valence-corrected chi connectivity index (χ3v) is 4.59. The first kappa shape index (κ1) is 15.6. The monoisotopic (exact) mass is 331 g/mol. The molecule has 0 bridgehead atoms. The second-order valence-electron chi connectivity index (χ2n) is 6.22. The molecule has 0 atom stereocenters. The molecule has 4 aromatic rings. The lowest BCUT2D eigenvalue weighted by atomic mass is 10.0. The summed E-state index contributed by atoms with van der Waals surface area (Å²) in [5.41, 5.74) is 5.98. The molecule has 124 valence electrons. The van der Waals surface area contributed by atoms with Crippen LogP contribution in [-0.4, -0.2) is 9.67 Å². The van der Waals surface area contributed by atoms with E-state index in [4.69, 9.17) is 0 Å². The summed E-state index contributed by atoms with van der Waals surface area (Å²) in [4.78, 5) is 0. The van der Waals surface area contributed by atoms with Gasteiger partial charge in [-0.25, -0.2) is 4.39 Å². The van der Waals surface area contributed by atoms with Crippen molar-refractivity contribution in [2.24, 2.45) is 0 Å². The van der Waals surface area contributed by atoms with Crippen LogP contribution in [0.25, 0.3) is 27.7 Å². The van der Waals surface area contributed by atoms with Crippen molar-refractivity contribution >= 4 is 10.9 Å². The number of benzene rings is 3. The van der Waals surface area contributed by atoms with E-state index in [9.17, 15) is 9.50 Å². The van der Waals surface area contributed by atoms with E-state index in [1.807, 2.05) is 66.2 Å². The Bertz CT molecular complexity index is 1050. The summed E-state index contributed by atoms with van der Waals surface area (Å²) < 4.78 is 16.1. The molecule has 2 nitrogen and oxygen atoms in total. The number of aliphatic hydroxyl groups is 1. The van der Waals surface area contributed by atoms with Crippen molar-refractivity contribution in [1.82, 2.24) is 4.57 Å². The number of aromatic nitrogens is 1. The van der Waals surface area contributed by atoms with Crippen molar-refractivity contribution in [3.05, 3.63) is 89.9 Å². The summed E-state index contributed by atoms with van der Waals surface area (Å²) in [6.07, 6.45) is 1.91. The second kappa shape index (κ2) is 6.19. The summed E-state index contributed by atoms with van der Waals surface area (Å²) in [6.45, 7) is 2.04.